The molecule has 0 saturated heterocycles. The monoisotopic (exact) mass is 301 g/mol. The highest BCUT2D eigenvalue weighted by Gasteiger charge is 2.18. The van der Waals surface area contributed by atoms with Gasteiger partial charge in [-0.25, -0.2) is 14.8 Å². The van der Waals surface area contributed by atoms with Crippen LogP contribution in [0.5, 0.6) is 0 Å². The molecule has 7 heteroatoms. The number of hydrogen-bond donors (Lipinski definition) is 1. The summed E-state index contributed by atoms with van der Waals surface area (Å²) in [7, 11) is 0. The van der Waals surface area contributed by atoms with Crippen LogP contribution in [0.1, 0.15) is 26.3 Å². The summed E-state index contributed by atoms with van der Waals surface area (Å²) in [6.07, 6.45) is 2.24. The van der Waals surface area contributed by atoms with Crippen molar-refractivity contribution >= 4 is 12.1 Å². The molecule has 22 heavy (non-hydrogen) atoms. The molecule has 1 amide bonds. The van der Waals surface area contributed by atoms with Gasteiger partial charge in [-0.2, -0.15) is 9.78 Å². The van der Waals surface area contributed by atoms with Gasteiger partial charge in [0.15, 0.2) is 0 Å². The van der Waals surface area contributed by atoms with Crippen molar-refractivity contribution in [1.29, 1.82) is 0 Å². The van der Waals surface area contributed by atoms with Crippen LogP contribution >= 0.6 is 0 Å². The number of ether oxygens (including phenoxy) is 1. The Balaban J connectivity index is 2.12. The molecule has 2 aromatic rings. The van der Waals surface area contributed by atoms with Crippen LogP contribution in [-0.4, -0.2) is 32.4 Å². The Morgan fingerprint density at radius 2 is 2.05 bits per heavy atom. The van der Waals surface area contributed by atoms with Crippen LogP contribution in [0.4, 0.5) is 4.79 Å². The number of amides is 1. The standard InChI is InChI=1S/C15H19N5O2/c1-15(2,3)22-14(21)19-13(20-11-16-10-18-20)17-9-12-7-5-4-6-8-12/h4-8,10-11H,9H2,1-3H3,(H,17,19,21). The van der Waals surface area contributed by atoms with Crippen molar-refractivity contribution < 1.29 is 9.53 Å². The Morgan fingerprint density at radius 3 is 2.64 bits per heavy atom. The third-order valence-corrected chi connectivity index (χ3v) is 2.50. The molecule has 0 saturated carbocycles. The molecule has 1 aromatic heterocycles. The van der Waals surface area contributed by atoms with Gasteiger partial charge >= 0.3 is 6.09 Å². The van der Waals surface area contributed by atoms with E-state index >= 15 is 0 Å². The minimum atomic E-state index is -0.588. The van der Waals surface area contributed by atoms with Gasteiger partial charge in [-0.15, -0.1) is 0 Å². The fourth-order valence-electron chi connectivity index (χ4n) is 1.63. The fraction of sp³-hybridized carbons (Fsp3) is 0.333. The second-order valence-corrected chi connectivity index (χ2v) is 5.59. The number of benzene rings is 1. The number of carbonyl (C=O) groups excluding carboxylic acids is 1. The van der Waals surface area contributed by atoms with Crippen LogP contribution in [0, 0.1) is 0 Å². The van der Waals surface area contributed by atoms with E-state index in [1.807, 2.05) is 30.3 Å². The number of carbonyl (C=O) groups is 1. The SMILES string of the molecule is CC(C)(C)OC(=O)NC(=NCc1ccccc1)n1cncn1. The van der Waals surface area contributed by atoms with Crippen molar-refractivity contribution in [1.82, 2.24) is 20.1 Å². The first-order valence-electron chi connectivity index (χ1n) is 6.87. The zero-order chi connectivity index (χ0) is 16.0. The molecule has 0 bridgehead atoms. The van der Waals surface area contributed by atoms with E-state index in [-0.39, 0.29) is 5.96 Å². The fourth-order valence-corrected chi connectivity index (χ4v) is 1.63. The lowest BCUT2D eigenvalue weighted by molar-refractivity contribution is 0.0561. The van der Waals surface area contributed by atoms with Crippen LogP contribution in [-0.2, 0) is 11.3 Å². The molecule has 0 aliphatic heterocycles. The maximum Gasteiger partial charge on any atom is 0.414 e. The van der Waals surface area contributed by atoms with Gasteiger partial charge < -0.3 is 4.74 Å². The summed E-state index contributed by atoms with van der Waals surface area (Å²) in [5, 5.41) is 6.58. The van der Waals surface area contributed by atoms with E-state index in [0.29, 0.717) is 6.54 Å². The maximum atomic E-state index is 11.9. The van der Waals surface area contributed by atoms with Gasteiger partial charge in [0.2, 0.25) is 5.96 Å². The first-order chi connectivity index (χ1) is 10.4. The van der Waals surface area contributed by atoms with Crippen LogP contribution < -0.4 is 5.32 Å². The second kappa shape index (κ2) is 6.84. The summed E-state index contributed by atoms with van der Waals surface area (Å²) in [6, 6.07) is 9.71. The molecule has 7 nitrogen and oxygen atoms in total. The Labute approximate surface area is 129 Å². The maximum absolute atomic E-state index is 11.9. The van der Waals surface area contributed by atoms with Crippen molar-refractivity contribution in [3.63, 3.8) is 0 Å². The quantitative estimate of drug-likeness (QED) is 0.681. The van der Waals surface area contributed by atoms with E-state index in [1.54, 1.807) is 20.8 Å². The predicted molar refractivity (Wildman–Crippen MR) is 82.4 cm³/mol. The summed E-state index contributed by atoms with van der Waals surface area (Å²) in [6.45, 7) is 5.79. The lowest BCUT2D eigenvalue weighted by Crippen LogP contribution is -2.40. The molecule has 0 fully saturated rings. The highest BCUT2D eigenvalue weighted by molar-refractivity contribution is 5.94. The van der Waals surface area contributed by atoms with Crippen LogP contribution in [0.15, 0.2) is 48.0 Å². The molecular weight excluding hydrogens is 282 g/mol. The molecule has 2 rings (SSSR count). The highest BCUT2D eigenvalue weighted by Crippen LogP contribution is 2.06. The number of nitrogens with zero attached hydrogens (tertiary/aromatic N) is 4. The second-order valence-electron chi connectivity index (χ2n) is 5.59. The average molecular weight is 301 g/mol. The number of alkyl carbamates (subject to hydrolysis) is 1. The van der Waals surface area contributed by atoms with Crippen LogP contribution in [0.25, 0.3) is 0 Å². The number of rotatable bonds is 2. The molecule has 0 aliphatic rings. The summed E-state index contributed by atoms with van der Waals surface area (Å²) in [4.78, 5) is 20.1. The highest BCUT2D eigenvalue weighted by atomic mass is 16.6. The molecular formula is C15H19N5O2. The first-order valence-corrected chi connectivity index (χ1v) is 6.87. The van der Waals surface area contributed by atoms with Gasteiger partial charge in [-0.3, -0.25) is 5.32 Å². The smallest absolute Gasteiger partial charge is 0.414 e. The molecule has 0 unspecified atom stereocenters. The number of aromatic nitrogens is 3. The Hall–Kier alpha value is -2.70. The molecule has 1 aromatic carbocycles. The average Bonchev–Trinajstić information content (AvgIpc) is 2.96. The van der Waals surface area contributed by atoms with E-state index in [0.717, 1.165) is 5.56 Å². The van der Waals surface area contributed by atoms with Gasteiger partial charge in [0.05, 0.1) is 6.54 Å². The molecule has 1 N–H and O–H groups in total. The van der Waals surface area contributed by atoms with Crippen molar-refractivity contribution in [3.8, 4) is 0 Å². The summed E-state index contributed by atoms with van der Waals surface area (Å²) in [5.41, 5.74) is 0.433. The van der Waals surface area contributed by atoms with Crippen LogP contribution in [0.2, 0.25) is 0 Å². The zero-order valence-electron chi connectivity index (χ0n) is 12.9. The van der Waals surface area contributed by atoms with E-state index < -0.39 is 11.7 Å². The summed E-state index contributed by atoms with van der Waals surface area (Å²) in [5.74, 6) is 0.260. The Bertz CT molecular complexity index is 630. The molecule has 1 heterocycles. The van der Waals surface area contributed by atoms with Gasteiger partial charge in [-0.1, -0.05) is 30.3 Å². The molecule has 0 spiro atoms. The Morgan fingerprint density at radius 1 is 1.32 bits per heavy atom. The molecule has 0 radical (unpaired) electrons. The molecule has 116 valence electrons. The van der Waals surface area contributed by atoms with Gasteiger partial charge in [0.25, 0.3) is 0 Å². The van der Waals surface area contributed by atoms with Crippen molar-refractivity contribution in [3.05, 3.63) is 48.5 Å². The van der Waals surface area contributed by atoms with E-state index in [9.17, 15) is 4.79 Å². The molecule has 0 atom stereocenters. The van der Waals surface area contributed by atoms with E-state index in [2.05, 4.69) is 20.4 Å². The van der Waals surface area contributed by atoms with Crippen molar-refractivity contribution in [2.24, 2.45) is 4.99 Å². The topological polar surface area (TPSA) is 81.4 Å². The Kier molecular flexibility index (Phi) is 4.88. The minimum Gasteiger partial charge on any atom is -0.444 e. The van der Waals surface area contributed by atoms with Crippen molar-refractivity contribution in [2.45, 2.75) is 32.9 Å². The number of hydrogen-bond acceptors (Lipinski definition) is 5. The van der Waals surface area contributed by atoms with Gasteiger partial charge in [-0.05, 0) is 26.3 Å². The van der Waals surface area contributed by atoms with Gasteiger partial charge in [0.1, 0.15) is 18.3 Å². The van der Waals surface area contributed by atoms with E-state index in [1.165, 1.54) is 17.3 Å². The first kappa shape index (κ1) is 15.7. The van der Waals surface area contributed by atoms with Crippen molar-refractivity contribution in [2.75, 3.05) is 0 Å². The summed E-state index contributed by atoms with van der Waals surface area (Å²) >= 11 is 0. The predicted octanol–water partition coefficient (Wildman–Crippen LogP) is 2.21. The third-order valence-electron chi connectivity index (χ3n) is 2.50. The lowest BCUT2D eigenvalue weighted by atomic mass is 10.2. The lowest BCUT2D eigenvalue weighted by Gasteiger charge is -2.20. The van der Waals surface area contributed by atoms with E-state index in [4.69, 9.17) is 4.74 Å². The molecule has 0 aliphatic carbocycles. The third kappa shape index (κ3) is 5.01. The number of aliphatic imine (C=N–C) groups is 1. The van der Waals surface area contributed by atoms with Gasteiger partial charge in [0, 0.05) is 0 Å². The van der Waals surface area contributed by atoms with Crippen LogP contribution in [0.3, 0.4) is 0 Å². The minimum absolute atomic E-state index is 0.260. The number of nitrogens with one attached hydrogen (secondary N) is 1. The summed E-state index contributed by atoms with van der Waals surface area (Å²) < 4.78 is 6.61. The zero-order valence-corrected chi connectivity index (χ0v) is 12.9. The normalized spacial score (nSPS) is 12.0. The largest absolute Gasteiger partial charge is 0.444 e.